The first-order valence-electron chi connectivity index (χ1n) is 9.43. The molecule has 1 unspecified atom stereocenters. The lowest BCUT2D eigenvalue weighted by Crippen LogP contribution is -2.47. The van der Waals surface area contributed by atoms with Crippen molar-refractivity contribution in [1.82, 2.24) is 0 Å². The molecule has 0 aromatic heterocycles. The van der Waals surface area contributed by atoms with E-state index in [0.29, 0.717) is 30.6 Å². The number of allylic oxidation sites excluding steroid dienone is 2. The number of hydrogen-bond acceptors (Lipinski definition) is 5. The first-order valence-corrected chi connectivity index (χ1v) is 9.43. The number of carbonyl (C=O) groups is 2. The minimum atomic E-state index is -2.08. The van der Waals surface area contributed by atoms with Gasteiger partial charge < -0.3 is 14.6 Å². The van der Waals surface area contributed by atoms with Crippen LogP contribution in [0.5, 0.6) is 0 Å². The molecule has 0 spiro atoms. The number of hydrogen-bond donors (Lipinski definition) is 1. The molecule has 0 fully saturated rings. The third kappa shape index (κ3) is 3.22. The number of rotatable bonds is 3. The average Bonchev–Trinajstić information content (AvgIpc) is 2.73. The SMILES string of the molecule is COC(=O)C1(O)C[C@H](c2ccc(-c3ccccc3)cc2)C2=C(CCCC2=O)O1. The fourth-order valence-corrected chi connectivity index (χ4v) is 4.06. The molecule has 0 saturated heterocycles. The Balaban J connectivity index is 1.73. The van der Waals surface area contributed by atoms with Crippen LogP contribution in [-0.4, -0.2) is 29.8 Å². The quantitative estimate of drug-likeness (QED) is 0.824. The van der Waals surface area contributed by atoms with E-state index in [0.717, 1.165) is 16.7 Å². The lowest BCUT2D eigenvalue weighted by molar-refractivity contribution is -0.222. The van der Waals surface area contributed by atoms with Crippen molar-refractivity contribution in [1.29, 1.82) is 0 Å². The topological polar surface area (TPSA) is 72.8 Å². The maximum Gasteiger partial charge on any atom is 0.379 e. The van der Waals surface area contributed by atoms with E-state index in [1.54, 1.807) is 0 Å². The van der Waals surface area contributed by atoms with Crippen LogP contribution < -0.4 is 0 Å². The summed E-state index contributed by atoms with van der Waals surface area (Å²) in [5.41, 5.74) is 3.60. The number of ketones is 1. The average molecular weight is 378 g/mol. The third-order valence-electron chi connectivity index (χ3n) is 5.45. The number of Topliss-reactive ketones (excluding diaryl/α,β-unsaturated/α-hetero) is 1. The van der Waals surface area contributed by atoms with E-state index in [2.05, 4.69) is 0 Å². The van der Waals surface area contributed by atoms with Gasteiger partial charge in [-0.25, -0.2) is 4.79 Å². The zero-order chi connectivity index (χ0) is 19.7. The molecule has 28 heavy (non-hydrogen) atoms. The maximum absolute atomic E-state index is 12.6. The Labute approximate surface area is 163 Å². The van der Waals surface area contributed by atoms with Gasteiger partial charge in [-0.15, -0.1) is 0 Å². The van der Waals surface area contributed by atoms with Crippen LogP contribution in [0.25, 0.3) is 11.1 Å². The lowest BCUT2D eigenvalue weighted by Gasteiger charge is -2.39. The molecule has 2 aromatic carbocycles. The summed E-state index contributed by atoms with van der Waals surface area (Å²) in [7, 11) is 1.21. The Morgan fingerprint density at radius 3 is 2.43 bits per heavy atom. The minimum absolute atomic E-state index is 0.0188. The number of ether oxygens (including phenoxy) is 2. The highest BCUT2D eigenvalue weighted by Gasteiger charge is 2.50. The summed E-state index contributed by atoms with van der Waals surface area (Å²) in [6.07, 6.45) is 1.58. The van der Waals surface area contributed by atoms with E-state index in [4.69, 9.17) is 9.47 Å². The van der Waals surface area contributed by atoms with Gasteiger partial charge in [-0.05, 0) is 23.1 Å². The van der Waals surface area contributed by atoms with Crippen molar-refractivity contribution in [2.75, 3.05) is 7.11 Å². The third-order valence-corrected chi connectivity index (χ3v) is 5.45. The molecular weight excluding hydrogens is 356 g/mol. The second-order valence-electron chi connectivity index (χ2n) is 7.24. The molecule has 0 saturated carbocycles. The van der Waals surface area contributed by atoms with E-state index in [1.165, 1.54) is 7.11 Å². The summed E-state index contributed by atoms with van der Waals surface area (Å²) in [5, 5.41) is 10.8. The van der Waals surface area contributed by atoms with E-state index in [-0.39, 0.29) is 12.2 Å². The van der Waals surface area contributed by atoms with Crippen molar-refractivity contribution in [2.45, 2.75) is 37.4 Å². The molecule has 5 heteroatoms. The number of esters is 1. The Morgan fingerprint density at radius 2 is 1.75 bits per heavy atom. The van der Waals surface area contributed by atoms with Crippen LogP contribution in [-0.2, 0) is 19.1 Å². The lowest BCUT2D eigenvalue weighted by atomic mass is 9.77. The first-order chi connectivity index (χ1) is 13.5. The second kappa shape index (κ2) is 7.24. The Morgan fingerprint density at radius 1 is 1.07 bits per heavy atom. The number of methoxy groups -OCH3 is 1. The zero-order valence-corrected chi connectivity index (χ0v) is 15.7. The van der Waals surface area contributed by atoms with Crippen LogP contribution >= 0.6 is 0 Å². The van der Waals surface area contributed by atoms with Crippen molar-refractivity contribution in [3.8, 4) is 11.1 Å². The van der Waals surface area contributed by atoms with Gasteiger partial charge in [0.05, 0.1) is 7.11 Å². The molecule has 5 nitrogen and oxygen atoms in total. The smallest absolute Gasteiger partial charge is 0.379 e. The summed E-state index contributed by atoms with van der Waals surface area (Å²) in [6.45, 7) is 0. The van der Waals surface area contributed by atoms with Gasteiger partial charge >= 0.3 is 11.8 Å². The first kappa shape index (κ1) is 18.4. The van der Waals surface area contributed by atoms with Crippen LogP contribution in [0.4, 0.5) is 0 Å². The van der Waals surface area contributed by atoms with Crippen LogP contribution in [0, 0.1) is 0 Å². The summed E-state index contributed by atoms with van der Waals surface area (Å²) in [4.78, 5) is 24.8. The van der Waals surface area contributed by atoms with Gasteiger partial charge in [0, 0.05) is 30.8 Å². The highest BCUT2D eigenvalue weighted by molar-refractivity contribution is 5.98. The molecule has 2 aliphatic rings. The highest BCUT2D eigenvalue weighted by atomic mass is 16.7. The summed E-state index contributed by atoms with van der Waals surface area (Å²) < 4.78 is 10.3. The molecule has 0 bridgehead atoms. The standard InChI is InChI=1S/C23H22O5/c1-27-22(25)23(26)14-18(21-19(24)8-5-9-20(21)28-23)17-12-10-16(11-13-17)15-6-3-2-4-7-15/h2-4,6-7,10-13,18,26H,5,8-9,14H2,1H3/t18-,23?/m1/s1. The van der Waals surface area contributed by atoms with Crippen LogP contribution in [0.2, 0.25) is 0 Å². The number of benzene rings is 2. The van der Waals surface area contributed by atoms with Gasteiger partial charge in [0.1, 0.15) is 5.76 Å². The molecular formula is C23H22O5. The molecule has 2 atom stereocenters. The molecule has 4 rings (SSSR count). The van der Waals surface area contributed by atoms with Gasteiger partial charge in [-0.3, -0.25) is 4.79 Å². The van der Waals surface area contributed by atoms with Crippen molar-refractivity contribution in [3.63, 3.8) is 0 Å². The van der Waals surface area contributed by atoms with E-state index in [9.17, 15) is 14.7 Å². The summed E-state index contributed by atoms with van der Waals surface area (Å²) in [5.74, 6) is -2.90. The van der Waals surface area contributed by atoms with Gasteiger partial charge in [0.25, 0.3) is 0 Å². The number of aliphatic hydroxyl groups is 1. The largest absolute Gasteiger partial charge is 0.464 e. The summed E-state index contributed by atoms with van der Waals surface area (Å²) in [6, 6.07) is 17.9. The van der Waals surface area contributed by atoms with Crippen LogP contribution in [0.3, 0.4) is 0 Å². The molecule has 1 N–H and O–H groups in total. The van der Waals surface area contributed by atoms with E-state index < -0.39 is 17.7 Å². The van der Waals surface area contributed by atoms with E-state index >= 15 is 0 Å². The van der Waals surface area contributed by atoms with Crippen LogP contribution in [0.15, 0.2) is 65.9 Å². The predicted molar refractivity (Wildman–Crippen MR) is 103 cm³/mol. The van der Waals surface area contributed by atoms with Crippen molar-refractivity contribution < 1.29 is 24.2 Å². The molecule has 0 amide bonds. The zero-order valence-electron chi connectivity index (χ0n) is 15.7. The Hall–Kier alpha value is -2.92. The fourth-order valence-electron chi connectivity index (χ4n) is 4.06. The molecule has 1 heterocycles. The molecule has 1 aliphatic heterocycles. The normalized spacial score (nSPS) is 24.4. The van der Waals surface area contributed by atoms with Gasteiger partial charge in [-0.2, -0.15) is 0 Å². The van der Waals surface area contributed by atoms with E-state index in [1.807, 2.05) is 54.6 Å². The monoisotopic (exact) mass is 378 g/mol. The molecule has 1 aliphatic carbocycles. The van der Waals surface area contributed by atoms with Crippen LogP contribution in [0.1, 0.15) is 37.2 Å². The molecule has 144 valence electrons. The second-order valence-corrected chi connectivity index (χ2v) is 7.24. The maximum atomic E-state index is 12.6. The van der Waals surface area contributed by atoms with Gasteiger partial charge in [0.2, 0.25) is 0 Å². The predicted octanol–water partition coefficient (Wildman–Crippen LogP) is 3.73. The minimum Gasteiger partial charge on any atom is -0.464 e. The number of carbonyl (C=O) groups excluding carboxylic acids is 2. The fraction of sp³-hybridized carbons (Fsp3) is 0.304. The van der Waals surface area contributed by atoms with Gasteiger partial charge in [-0.1, -0.05) is 54.6 Å². The molecule has 0 radical (unpaired) electrons. The molecule has 2 aromatic rings. The Kier molecular flexibility index (Phi) is 4.77. The summed E-state index contributed by atoms with van der Waals surface area (Å²) >= 11 is 0. The highest BCUT2D eigenvalue weighted by Crippen LogP contribution is 2.45. The van der Waals surface area contributed by atoms with Crippen molar-refractivity contribution in [3.05, 3.63) is 71.5 Å². The Bertz CT molecular complexity index is 929. The van der Waals surface area contributed by atoms with Crippen molar-refractivity contribution in [2.24, 2.45) is 0 Å². The van der Waals surface area contributed by atoms with Gasteiger partial charge in [0.15, 0.2) is 5.78 Å². The van der Waals surface area contributed by atoms with Crippen molar-refractivity contribution >= 4 is 11.8 Å².